The van der Waals surface area contributed by atoms with Crippen LogP contribution in [0.4, 0.5) is 0 Å². The number of aliphatic hydroxyl groups is 1. The van der Waals surface area contributed by atoms with E-state index < -0.39 is 5.54 Å². The number of esters is 1. The number of rotatable bonds is 6. The first-order chi connectivity index (χ1) is 11.8. The lowest BCUT2D eigenvalue weighted by molar-refractivity contribution is -0.127. The van der Waals surface area contributed by atoms with E-state index in [1.165, 1.54) is 7.11 Å². The van der Waals surface area contributed by atoms with Crippen molar-refractivity contribution in [3.63, 3.8) is 0 Å². The van der Waals surface area contributed by atoms with Crippen molar-refractivity contribution in [3.8, 4) is 0 Å². The van der Waals surface area contributed by atoms with E-state index in [2.05, 4.69) is 15.4 Å². The highest BCUT2D eigenvalue weighted by Gasteiger charge is 2.30. The van der Waals surface area contributed by atoms with Crippen molar-refractivity contribution in [2.24, 2.45) is 0 Å². The van der Waals surface area contributed by atoms with E-state index in [4.69, 9.17) is 0 Å². The van der Waals surface area contributed by atoms with Crippen LogP contribution in [0.1, 0.15) is 55.5 Å². The quantitative estimate of drug-likeness (QED) is 0.682. The molecule has 1 aliphatic carbocycles. The van der Waals surface area contributed by atoms with E-state index in [1.807, 2.05) is 26.0 Å². The van der Waals surface area contributed by atoms with Gasteiger partial charge >= 0.3 is 5.97 Å². The first kappa shape index (κ1) is 19.4. The number of aliphatic hydroxyl groups excluding tert-OH is 1. The van der Waals surface area contributed by atoms with Crippen molar-refractivity contribution < 1.29 is 19.4 Å². The standard InChI is InChI=1S/C19H28N2O4/c1-19(2,18(24)21-15-8-10-16(22)11-9-15)20-12-13-4-6-14(7-5-13)17(23)25-3/h4-7,15-16,20,22H,8-12H2,1-3H3,(H,21,24). The Kier molecular flexibility index (Phi) is 6.56. The maximum atomic E-state index is 12.5. The highest BCUT2D eigenvalue weighted by molar-refractivity contribution is 5.89. The Morgan fingerprint density at radius 3 is 2.32 bits per heavy atom. The minimum absolute atomic E-state index is 0.0416. The zero-order chi connectivity index (χ0) is 18.4. The van der Waals surface area contributed by atoms with E-state index in [0.29, 0.717) is 12.1 Å². The van der Waals surface area contributed by atoms with Crippen molar-refractivity contribution in [2.45, 2.75) is 63.8 Å². The highest BCUT2D eigenvalue weighted by Crippen LogP contribution is 2.19. The SMILES string of the molecule is COC(=O)c1ccc(CNC(C)(C)C(=O)NC2CCC(O)CC2)cc1. The molecule has 25 heavy (non-hydrogen) atoms. The molecular formula is C19H28N2O4. The van der Waals surface area contributed by atoms with Gasteiger partial charge in [0, 0.05) is 12.6 Å². The summed E-state index contributed by atoms with van der Waals surface area (Å²) in [6.45, 7) is 4.22. The van der Waals surface area contributed by atoms with Gasteiger partial charge in [0.2, 0.25) is 5.91 Å². The molecule has 0 radical (unpaired) electrons. The summed E-state index contributed by atoms with van der Waals surface area (Å²) >= 11 is 0. The molecule has 0 aromatic heterocycles. The fourth-order valence-corrected chi connectivity index (χ4v) is 2.87. The fraction of sp³-hybridized carbons (Fsp3) is 0.579. The molecule has 1 saturated carbocycles. The molecule has 6 heteroatoms. The average molecular weight is 348 g/mol. The Labute approximate surface area is 149 Å². The maximum absolute atomic E-state index is 12.5. The lowest BCUT2D eigenvalue weighted by Crippen LogP contribution is -2.55. The second kappa shape index (κ2) is 8.45. The number of hydrogen-bond acceptors (Lipinski definition) is 5. The van der Waals surface area contributed by atoms with Gasteiger partial charge in [-0.2, -0.15) is 0 Å². The lowest BCUT2D eigenvalue weighted by Gasteiger charge is -2.31. The van der Waals surface area contributed by atoms with Crippen LogP contribution >= 0.6 is 0 Å². The van der Waals surface area contributed by atoms with E-state index in [9.17, 15) is 14.7 Å². The number of carbonyl (C=O) groups is 2. The normalized spacial score (nSPS) is 20.8. The molecule has 138 valence electrons. The predicted octanol–water partition coefficient (Wildman–Crippen LogP) is 1.76. The van der Waals surface area contributed by atoms with Crippen molar-refractivity contribution in [1.29, 1.82) is 0 Å². The third-order valence-electron chi connectivity index (χ3n) is 4.71. The molecular weight excluding hydrogens is 320 g/mol. The van der Waals surface area contributed by atoms with Crippen LogP contribution in [0.3, 0.4) is 0 Å². The van der Waals surface area contributed by atoms with Gasteiger partial charge in [-0.15, -0.1) is 0 Å². The molecule has 0 aliphatic heterocycles. The molecule has 3 N–H and O–H groups in total. The molecule has 0 bridgehead atoms. The van der Waals surface area contributed by atoms with Crippen LogP contribution in [0.5, 0.6) is 0 Å². The highest BCUT2D eigenvalue weighted by atomic mass is 16.5. The Morgan fingerprint density at radius 2 is 1.76 bits per heavy atom. The van der Waals surface area contributed by atoms with Crippen LogP contribution in [-0.2, 0) is 16.1 Å². The number of benzene rings is 1. The van der Waals surface area contributed by atoms with Crippen molar-refractivity contribution in [2.75, 3.05) is 7.11 Å². The first-order valence-corrected chi connectivity index (χ1v) is 8.73. The molecule has 6 nitrogen and oxygen atoms in total. The van der Waals surface area contributed by atoms with Gasteiger partial charge in [0.25, 0.3) is 0 Å². The van der Waals surface area contributed by atoms with Gasteiger partial charge in [0.15, 0.2) is 0 Å². The van der Waals surface area contributed by atoms with Crippen LogP contribution in [0.15, 0.2) is 24.3 Å². The first-order valence-electron chi connectivity index (χ1n) is 8.73. The Morgan fingerprint density at radius 1 is 1.16 bits per heavy atom. The van der Waals surface area contributed by atoms with E-state index >= 15 is 0 Å². The zero-order valence-corrected chi connectivity index (χ0v) is 15.2. The summed E-state index contributed by atoms with van der Waals surface area (Å²) in [7, 11) is 1.35. The largest absolute Gasteiger partial charge is 0.465 e. The minimum atomic E-state index is -0.711. The van der Waals surface area contributed by atoms with Gasteiger partial charge in [-0.1, -0.05) is 12.1 Å². The van der Waals surface area contributed by atoms with Gasteiger partial charge in [-0.05, 0) is 57.2 Å². The number of hydrogen-bond donors (Lipinski definition) is 3. The van der Waals surface area contributed by atoms with Crippen LogP contribution < -0.4 is 10.6 Å². The van der Waals surface area contributed by atoms with E-state index in [-0.39, 0.29) is 24.0 Å². The fourth-order valence-electron chi connectivity index (χ4n) is 2.87. The topological polar surface area (TPSA) is 87.7 Å². The number of nitrogens with one attached hydrogen (secondary N) is 2. The van der Waals surface area contributed by atoms with Gasteiger partial charge in [0.1, 0.15) is 0 Å². The van der Waals surface area contributed by atoms with Crippen molar-refractivity contribution >= 4 is 11.9 Å². The summed E-state index contributed by atoms with van der Waals surface area (Å²) in [6, 6.07) is 7.24. The van der Waals surface area contributed by atoms with Gasteiger partial charge in [-0.3, -0.25) is 10.1 Å². The zero-order valence-electron chi connectivity index (χ0n) is 15.2. The summed E-state index contributed by atoms with van der Waals surface area (Å²) < 4.78 is 4.68. The molecule has 0 spiro atoms. The molecule has 1 aliphatic rings. The smallest absolute Gasteiger partial charge is 0.337 e. The number of carbonyl (C=O) groups excluding carboxylic acids is 2. The molecule has 2 rings (SSSR count). The molecule has 1 fully saturated rings. The van der Waals surface area contributed by atoms with Gasteiger partial charge < -0.3 is 15.2 Å². The number of amides is 1. The lowest BCUT2D eigenvalue weighted by atomic mass is 9.92. The Bertz CT molecular complexity index is 590. The van der Waals surface area contributed by atoms with Gasteiger partial charge in [0.05, 0.1) is 24.3 Å². The summed E-state index contributed by atoms with van der Waals surface area (Å²) in [5.74, 6) is -0.406. The summed E-state index contributed by atoms with van der Waals surface area (Å²) in [4.78, 5) is 24.0. The summed E-state index contributed by atoms with van der Waals surface area (Å²) in [5.41, 5.74) is 0.772. The van der Waals surface area contributed by atoms with E-state index in [1.54, 1.807) is 12.1 Å². The van der Waals surface area contributed by atoms with Crippen molar-refractivity contribution in [1.82, 2.24) is 10.6 Å². The summed E-state index contributed by atoms with van der Waals surface area (Å²) in [5, 5.41) is 15.9. The van der Waals surface area contributed by atoms with E-state index in [0.717, 1.165) is 31.2 Å². The molecule has 1 aromatic carbocycles. The second-order valence-corrected chi connectivity index (χ2v) is 7.15. The molecule has 1 amide bonds. The Balaban J connectivity index is 1.85. The molecule has 0 unspecified atom stereocenters. The predicted molar refractivity (Wildman–Crippen MR) is 95.1 cm³/mol. The monoisotopic (exact) mass is 348 g/mol. The number of methoxy groups -OCH3 is 1. The van der Waals surface area contributed by atoms with Crippen LogP contribution in [0, 0.1) is 0 Å². The van der Waals surface area contributed by atoms with Gasteiger partial charge in [-0.25, -0.2) is 4.79 Å². The van der Waals surface area contributed by atoms with Crippen LogP contribution in [0.2, 0.25) is 0 Å². The second-order valence-electron chi connectivity index (χ2n) is 7.15. The van der Waals surface area contributed by atoms with Crippen LogP contribution in [0.25, 0.3) is 0 Å². The third-order valence-corrected chi connectivity index (χ3v) is 4.71. The average Bonchev–Trinajstić information content (AvgIpc) is 2.61. The summed E-state index contributed by atoms with van der Waals surface area (Å²) in [6.07, 6.45) is 2.89. The third kappa shape index (κ3) is 5.54. The number of ether oxygens (including phenoxy) is 1. The molecule has 0 saturated heterocycles. The minimum Gasteiger partial charge on any atom is -0.465 e. The van der Waals surface area contributed by atoms with Crippen molar-refractivity contribution in [3.05, 3.63) is 35.4 Å². The molecule has 0 atom stereocenters. The maximum Gasteiger partial charge on any atom is 0.337 e. The molecule has 1 aromatic rings. The van der Waals surface area contributed by atoms with Crippen LogP contribution in [-0.4, -0.2) is 41.8 Å². The Hall–Kier alpha value is -1.92. The molecule has 0 heterocycles.